The molecular formula is C16H31N. The first-order valence-corrected chi connectivity index (χ1v) is 8.05. The van der Waals surface area contributed by atoms with Crippen LogP contribution < -0.4 is 0 Å². The SMILES string of the molecule is CCCCCCCC(C)N1CC2CCCC2C1. The van der Waals surface area contributed by atoms with Gasteiger partial charge in [-0.05, 0) is 38.0 Å². The molecule has 0 spiro atoms. The Morgan fingerprint density at radius 1 is 1.00 bits per heavy atom. The first-order chi connectivity index (χ1) is 8.31. The molecule has 0 aromatic rings. The molecule has 1 nitrogen and oxygen atoms in total. The summed E-state index contributed by atoms with van der Waals surface area (Å²) in [5.74, 6) is 2.13. The zero-order valence-electron chi connectivity index (χ0n) is 12.0. The van der Waals surface area contributed by atoms with Gasteiger partial charge in [0.15, 0.2) is 0 Å². The fourth-order valence-corrected chi connectivity index (χ4v) is 3.86. The van der Waals surface area contributed by atoms with Crippen LogP contribution in [0.4, 0.5) is 0 Å². The highest BCUT2D eigenvalue weighted by molar-refractivity contribution is 4.90. The van der Waals surface area contributed by atoms with Crippen molar-refractivity contribution in [3.63, 3.8) is 0 Å². The summed E-state index contributed by atoms with van der Waals surface area (Å²) in [5, 5.41) is 0. The largest absolute Gasteiger partial charge is 0.300 e. The van der Waals surface area contributed by atoms with Crippen molar-refractivity contribution in [1.29, 1.82) is 0 Å². The van der Waals surface area contributed by atoms with E-state index in [0.717, 1.165) is 17.9 Å². The Morgan fingerprint density at radius 3 is 2.29 bits per heavy atom. The molecule has 0 aromatic carbocycles. The number of unbranched alkanes of at least 4 members (excludes halogenated alkanes) is 4. The number of fused-ring (bicyclic) bond motifs is 1. The highest BCUT2D eigenvalue weighted by atomic mass is 15.2. The highest BCUT2D eigenvalue weighted by Gasteiger charge is 2.37. The second kappa shape index (κ2) is 6.78. The van der Waals surface area contributed by atoms with Crippen molar-refractivity contribution in [1.82, 2.24) is 4.90 Å². The summed E-state index contributed by atoms with van der Waals surface area (Å²) in [6.45, 7) is 7.59. The Labute approximate surface area is 108 Å². The summed E-state index contributed by atoms with van der Waals surface area (Å²) in [4.78, 5) is 2.79. The molecular weight excluding hydrogens is 206 g/mol. The maximum absolute atomic E-state index is 2.79. The van der Waals surface area contributed by atoms with Gasteiger partial charge in [0.1, 0.15) is 0 Å². The van der Waals surface area contributed by atoms with E-state index in [0.29, 0.717) is 0 Å². The lowest BCUT2D eigenvalue weighted by Gasteiger charge is -2.25. The Kier molecular flexibility index (Phi) is 5.34. The summed E-state index contributed by atoms with van der Waals surface area (Å²) in [7, 11) is 0. The Bertz CT molecular complexity index is 202. The van der Waals surface area contributed by atoms with Gasteiger partial charge >= 0.3 is 0 Å². The second-order valence-electron chi connectivity index (χ2n) is 6.46. The summed E-state index contributed by atoms with van der Waals surface area (Å²) < 4.78 is 0. The van der Waals surface area contributed by atoms with Crippen molar-refractivity contribution >= 4 is 0 Å². The smallest absolute Gasteiger partial charge is 0.00671 e. The van der Waals surface area contributed by atoms with Crippen molar-refractivity contribution in [3.05, 3.63) is 0 Å². The normalized spacial score (nSPS) is 30.7. The standard InChI is InChI=1S/C16H31N/c1-3-4-5-6-7-9-14(2)17-12-15-10-8-11-16(15)13-17/h14-16H,3-13H2,1-2H3. The lowest BCUT2D eigenvalue weighted by atomic mass is 10.0. The van der Waals surface area contributed by atoms with E-state index in [1.165, 1.54) is 70.9 Å². The Balaban J connectivity index is 1.59. The molecule has 3 unspecified atom stereocenters. The van der Waals surface area contributed by atoms with Gasteiger partial charge in [-0.15, -0.1) is 0 Å². The zero-order chi connectivity index (χ0) is 12.1. The molecule has 1 heteroatoms. The van der Waals surface area contributed by atoms with Crippen molar-refractivity contribution in [2.24, 2.45) is 11.8 Å². The molecule has 0 bridgehead atoms. The van der Waals surface area contributed by atoms with E-state index in [2.05, 4.69) is 18.7 Å². The average molecular weight is 237 g/mol. The quantitative estimate of drug-likeness (QED) is 0.591. The molecule has 1 aliphatic carbocycles. The molecule has 2 fully saturated rings. The van der Waals surface area contributed by atoms with Crippen LogP contribution in [-0.2, 0) is 0 Å². The third kappa shape index (κ3) is 3.71. The predicted octanol–water partition coefficient (Wildman–Crippen LogP) is 4.47. The van der Waals surface area contributed by atoms with Crippen molar-refractivity contribution in [2.45, 2.75) is 77.7 Å². The van der Waals surface area contributed by atoms with E-state index < -0.39 is 0 Å². The van der Waals surface area contributed by atoms with Crippen LogP contribution in [0.2, 0.25) is 0 Å². The van der Waals surface area contributed by atoms with Crippen LogP contribution in [-0.4, -0.2) is 24.0 Å². The molecule has 2 rings (SSSR count). The van der Waals surface area contributed by atoms with Crippen LogP contribution in [0, 0.1) is 11.8 Å². The maximum Gasteiger partial charge on any atom is 0.00671 e. The van der Waals surface area contributed by atoms with E-state index in [4.69, 9.17) is 0 Å². The second-order valence-corrected chi connectivity index (χ2v) is 6.46. The number of likely N-dealkylation sites (tertiary alicyclic amines) is 1. The van der Waals surface area contributed by atoms with Gasteiger partial charge in [0.2, 0.25) is 0 Å². The minimum absolute atomic E-state index is 0.849. The van der Waals surface area contributed by atoms with Gasteiger partial charge < -0.3 is 4.90 Å². The van der Waals surface area contributed by atoms with Gasteiger partial charge in [-0.25, -0.2) is 0 Å². The van der Waals surface area contributed by atoms with Gasteiger partial charge in [-0.3, -0.25) is 0 Å². The van der Waals surface area contributed by atoms with Crippen LogP contribution >= 0.6 is 0 Å². The summed E-state index contributed by atoms with van der Waals surface area (Å²) in [6.07, 6.45) is 13.1. The summed E-state index contributed by atoms with van der Waals surface area (Å²) in [6, 6.07) is 0.849. The first kappa shape index (κ1) is 13.4. The van der Waals surface area contributed by atoms with Crippen molar-refractivity contribution in [2.75, 3.05) is 13.1 Å². The van der Waals surface area contributed by atoms with Gasteiger partial charge in [0, 0.05) is 19.1 Å². The topological polar surface area (TPSA) is 3.24 Å². The van der Waals surface area contributed by atoms with E-state index in [1.807, 2.05) is 0 Å². The molecule has 1 saturated heterocycles. The number of nitrogens with zero attached hydrogens (tertiary/aromatic N) is 1. The van der Waals surface area contributed by atoms with Gasteiger partial charge in [-0.2, -0.15) is 0 Å². The van der Waals surface area contributed by atoms with Crippen molar-refractivity contribution < 1.29 is 0 Å². The van der Waals surface area contributed by atoms with Crippen LogP contribution in [0.5, 0.6) is 0 Å². The molecule has 1 aliphatic heterocycles. The summed E-state index contributed by atoms with van der Waals surface area (Å²) in [5.41, 5.74) is 0. The minimum atomic E-state index is 0.849. The van der Waals surface area contributed by atoms with Crippen molar-refractivity contribution in [3.8, 4) is 0 Å². The van der Waals surface area contributed by atoms with Crippen LogP contribution in [0.3, 0.4) is 0 Å². The molecule has 0 aromatic heterocycles. The fraction of sp³-hybridized carbons (Fsp3) is 1.00. The Hall–Kier alpha value is -0.0400. The van der Waals surface area contributed by atoms with Crippen LogP contribution in [0.15, 0.2) is 0 Å². The van der Waals surface area contributed by atoms with E-state index in [9.17, 15) is 0 Å². The third-order valence-electron chi connectivity index (χ3n) is 5.10. The van der Waals surface area contributed by atoms with Crippen LogP contribution in [0.1, 0.15) is 71.6 Å². The van der Waals surface area contributed by atoms with E-state index in [-0.39, 0.29) is 0 Å². The van der Waals surface area contributed by atoms with Gasteiger partial charge in [0.05, 0.1) is 0 Å². The average Bonchev–Trinajstić information content (AvgIpc) is 2.88. The molecule has 1 heterocycles. The first-order valence-electron chi connectivity index (χ1n) is 8.05. The lowest BCUT2D eigenvalue weighted by molar-refractivity contribution is 0.224. The monoisotopic (exact) mass is 237 g/mol. The molecule has 1 saturated carbocycles. The molecule has 2 aliphatic rings. The minimum Gasteiger partial charge on any atom is -0.300 e. The third-order valence-corrected chi connectivity index (χ3v) is 5.10. The number of rotatable bonds is 7. The summed E-state index contributed by atoms with van der Waals surface area (Å²) >= 11 is 0. The number of hydrogen-bond donors (Lipinski definition) is 0. The number of hydrogen-bond acceptors (Lipinski definition) is 1. The lowest BCUT2D eigenvalue weighted by Crippen LogP contribution is -2.31. The highest BCUT2D eigenvalue weighted by Crippen LogP contribution is 2.38. The van der Waals surface area contributed by atoms with E-state index in [1.54, 1.807) is 0 Å². The van der Waals surface area contributed by atoms with Gasteiger partial charge in [0.25, 0.3) is 0 Å². The van der Waals surface area contributed by atoms with Gasteiger partial charge in [-0.1, -0.05) is 45.4 Å². The molecule has 17 heavy (non-hydrogen) atoms. The molecule has 0 radical (unpaired) electrons. The molecule has 0 amide bonds. The predicted molar refractivity (Wildman–Crippen MR) is 75.2 cm³/mol. The van der Waals surface area contributed by atoms with Crippen LogP contribution in [0.25, 0.3) is 0 Å². The maximum atomic E-state index is 2.79. The van der Waals surface area contributed by atoms with E-state index >= 15 is 0 Å². The molecule has 100 valence electrons. The Morgan fingerprint density at radius 2 is 1.65 bits per heavy atom. The fourth-order valence-electron chi connectivity index (χ4n) is 3.86. The zero-order valence-corrected chi connectivity index (χ0v) is 12.0. The molecule has 0 N–H and O–H groups in total. The molecule has 3 atom stereocenters.